The highest BCUT2D eigenvalue weighted by Crippen LogP contribution is 2.26. The average Bonchev–Trinajstić information content (AvgIpc) is 2.85. The molecule has 0 spiro atoms. The predicted octanol–water partition coefficient (Wildman–Crippen LogP) is 2.57. The summed E-state index contributed by atoms with van der Waals surface area (Å²) in [6.07, 6.45) is -0.695. The first-order valence-corrected chi connectivity index (χ1v) is 13.8. The number of amides is 1. The molecule has 0 rings (SSSR count). The number of hydrogen-bond acceptors (Lipinski definition) is 11. The van der Waals surface area contributed by atoms with E-state index in [4.69, 9.17) is 77.8 Å². The number of aliphatic carboxylic acids is 1. The van der Waals surface area contributed by atoms with Crippen LogP contribution in [-0.2, 0) is 47.5 Å². The number of esters is 1. The van der Waals surface area contributed by atoms with Crippen molar-refractivity contribution >= 4 is 52.8 Å². The van der Waals surface area contributed by atoms with E-state index in [1.165, 1.54) is 4.90 Å². The fourth-order valence-electron chi connectivity index (χ4n) is 2.41. The maximum atomic E-state index is 12.4. The molecule has 40 heavy (non-hydrogen) atoms. The van der Waals surface area contributed by atoms with Crippen molar-refractivity contribution < 1.29 is 57.4 Å². The zero-order chi connectivity index (χ0) is 30.3. The summed E-state index contributed by atoms with van der Waals surface area (Å²) in [5.74, 6) is -1.47. The summed E-state index contributed by atoms with van der Waals surface area (Å²) < 4.78 is 40.0. The van der Waals surface area contributed by atoms with Gasteiger partial charge in [0, 0.05) is 13.1 Å². The monoisotopic (exact) mass is 641 g/mol. The van der Waals surface area contributed by atoms with E-state index >= 15 is 0 Å². The third-order valence-electron chi connectivity index (χ3n) is 4.23. The van der Waals surface area contributed by atoms with E-state index in [0.29, 0.717) is 13.2 Å². The molecule has 0 atom stereocenters. The molecule has 0 aromatic carbocycles. The largest absolute Gasteiger partial charge is 0.480 e. The van der Waals surface area contributed by atoms with Crippen LogP contribution in [0, 0.1) is 5.41 Å². The number of carbonyl (C=O) groups is 3. The van der Waals surface area contributed by atoms with Gasteiger partial charge in [-0.15, -0.1) is 0 Å². The molecule has 0 bridgehead atoms. The number of rotatable bonds is 24. The van der Waals surface area contributed by atoms with Crippen LogP contribution in [0.15, 0.2) is 0 Å². The fraction of sp³-hybridized carbons (Fsp3) is 0.875. The van der Waals surface area contributed by atoms with Gasteiger partial charge in [0.1, 0.15) is 19.8 Å². The van der Waals surface area contributed by atoms with E-state index in [-0.39, 0.29) is 91.2 Å². The minimum absolute atomic E-state index is 0.104. The summed E-state index contributed by atoms with van der Waals surface area (Å²) in [5.41, 5.74) is -0.104. The molecule has 0 aliphatic carbocycles. The molecule has 0 heterocycles. The minimum Gasteiger partial charge on any atom is -0.480 e. The Morgan fingerprint density at radius 2 is 1.05 bits per heavy atom. The number of alkyl halides is 3. The molecule has 0 aliphatic rings. The summed E-state index contributed by atoms with van der Waals surface area (Å²) in [5, 5.41) is 8.47. The lowest BCUT2D eigenvalue weighted by Gasteiger charge is -2.23. The van der Waals surface area contributed by atoms with E-state index < -0.39 is 28.4 Å². The van der Waals surface area contributed by atoms with Crippen molar-refractivity contribution in [2.24, 2.45) is 5.41 Å². The lowest BCUT2D eigenvalue weighted by Crippen LogP contribution is -2.38. The van der Waals surface area contributed by atoms with Gasteiger partial charge < -0.3 is 47.9 Å². The second-order valence-corrected chi connectivity index (χ2v) is 11.8. The van der Waals surface area contributed by atoms with Crippen LogP contribution < -0.4 is 0 Å². The summed E-state index contributed by atoms with van der Waals surface area (Å²) in [7, 11) is 0. The average molecular weight is 643 g/mol. The van der Waals surface area contributed by atoms with Crippen LogP contribution >= 0.6 is 34.8 Å². The third kappa shape index (κ3) is 28.4. The first-order chi connectivity index (χ1) is 18.8. The van der Waals surface area contributed by atoms with Crippen molar-refractivity contribution in [1.82, 2.24) is 4.90 Å². The van der Waals surface area contributed by atoms with Gasteiger partial charge >= 0.3 is 18.0 Å². The number of nitrogens with zero attached hydrogens (tertiary/aromatic N) is 1. The van der Waals surface area contributed by atoms with Crippen LogP contribution in [-0.4, -0.2) is 137 Å². The number of halogens is 3. The smallest absolute Gasteiger partial charge is 0.410 e. The topological polar surface area (TPSA) is 149 Å². The first kappa shape index (κ1) is 38.8. The van der Waals surface area contributed by atoms with E-state index in [1.54, 1.807) is 0 Å². The van der Waals surface area contributed by atoms with Crippen molar-refractivity contribution in [1.29, 1.82) is 0 Å². The molecule has 0 saturated carbocycles. The maximum absolute atomic E-state index is 12.4. The fourth-order valence-corrected chi connectivity index (χ4v) is 2.58. The molecular weight excluding hydrogens is 601 g/mol. The summed E-state index contributed by atoms with van der Waals surface area (Å²) in [4.78, 5) is 35.6. The molecule has 0 unspecified atom stereocenters. The van der Waals surface area contributed by atoms with Gasteiger partial charge in [-0.05, 0) is 5.41 Å². The van der Waals surface area contributed by atoms with Gasteiger partial charge in [0.2, 0.25) is 3.79 Å². The SMILES string of the molecule is CC(C)(C)COC(=O)COCCOCCOCCN(CCOCCOCCOCC(=O)O)C(=O)OCC(Cl)(Cl)Cl. The van der Waals surface area contributed by atoms with E-state index in [1.807, 2.05) is 20.8 Å². The lowest BCUT2D eigenvalue weighted by atomic mass is 9.99. The molecule has 0 fully saturated rings. The van der Waals surface area contributed by atoms with Crippen LogP contribution in [0.5, 0.6) is 0 Å². The Morgan fingerprint density at radius 1 is 0.625 bits per heavy atom. The number of carboxylic acid groups (broad SMARTS) is 1. The predicted molar refractivity (Wildman–Crippen MR) is 146 cm³/mol. The summed E-state index contributed by atoms with van der Waals surface area (Å²) >= 11 is 16.9. The van der Waals surface area contributed by atoms with Gasteiger partial charge in [-0.1, -0.05) is 55.6 Å². The quantitative estimate of drug-likeness (QED) is 0.0937. The van der Waals surface area contributed by atoms with E-state index in [2.05, 4.69) is 0 Å². The van der Waals surface area contributed by atoms with Crippen LogP contribution in [0.25, 0.3) is 0 Å². The molecule has 13 nitrogen and oxygen atoms in total. The van der Waals surface area contributed by atoms with Gasteiger partial charge in [0.15, 0.2) is 0 Å². The second-order valence-electron chi connectivity index (χ2n) is 9.33. The number of ether oxygens (including phenoxy) is 8. The van der Waals surface area contributed by atoms with E-state index in [0.717, 1.165) is 0 Å². The Morgan fingerprint density at radius 3 is 1.48 bits per heavy atom. The van der Waals surface area contributed by atoms with Gasteiger partial charge in [-0.3, -0.25) is 0 Å². The highest BCUT2D eigenvalue weighted by atomic mass is 35.6. The van der Waals surface area contributed by atoms with Crippen molar-refractivity contribution in [3.05, 3.63) is 0 Å². The standard InChI is InChI=1S/C24H42Cl3NO12/c1-23(2,3)18-39-21(31)17-38-15-13-36-11-9-34-7-5-28(22(32)40-19-24(25,26)27)4-6-33-8-10-35-12-14-37-16-20(29)30/h4-19H2,1-3H3,(H,29,30). The lowest BCUT2D eigenvalue weighted by molar-refractivity contribution is -0.152. The van der Waals surface area contributed by atoms with E-state index in [9.17, 15) is 14.4 Å². The van der Waals surface area contributed by atoms with Crippen LogP contribution in [0.3, 0.4) is 0 Å². The maximum Gasteiger partial charge on any atom is 0.410 e. The Bertz CT molecular complexity index is 689. The Hall–Kier alpha value is -1.16. The number of carbonyl (C=O) groups excluding carboxylic acids is 2. The molecular formula is C24H42Cl3NO12. The van der Waals surface area contributed by atoms with Gasteiger partial charge in [0.05, 0.1) is 72.7 Å². The Balaban J connectivity index is 4.03. The summed E-state index contributed by atoms with van der Waals surface area (Å²) in [6.45, 7) is 8.04. The molecule has 0 aromatic rings. The third-order valence-corrected chi connectivity index (χ3v) is 4.56. The van der Waals surface area contributed by atoms with Crippen LogP contribution in [0.4, 0.5) is 4.79 Å². The molecule has 1 amide bonds. The van der Waals surface area contributed by atoms with Gasteiger partial charge in [-0.25, -0.2) is 14.4 Å². The first-order valence-electron chi connectivity index (χ1n) is 12.6. The molecule has 1 N–H and O–H groups in total. The number of carboxylic acids is 1. The van der Waals surface area contributed by atoms with Crippen LogP contribution in [0.2, 0.25) is 0 Å². The minimum atomic E-state index is -1.74. The zero-order valence-corrected chi connectivity index (χ0v) is 25.6. The highest BCUT2D eigenvalue weighted by molar-refractivity contribution is 6.67. The summed E-state index contributed by atoms with van der Waals surface area (Å²) in [6, 6.07) is 0. The van der Waals surface area contributed by atoms with Crippen LogP contribution in [0.1, 0.15) is 20.8 Å². The van der Waals surface area contributed by atoms with Gasteiger partial charge in [-0.2, -0.15) is 0 Å². The second kappa shape index (κ2) is 23.4. The molecule has 236 valence electrons. The number of hydrogen-bond donors (Lipinski definition) is 1. The Kier molecular flexibility index (Phi) is 22.7. The zero-order valence-electron chi connectivity index (χ0n) is 23.3. The normalized spacial score (nSPS) is 11.8. The highest BCUT2D eigenvalue weighted by Gasteiger charge is 2.24. The van der Waals surface area contributed by atoms with Crippen molar-refractivity contribution in [3.8, 4) is 0 Å². The molecule has 0 aliphatic heterocycles. The molecule has 16 heteroatoms. The van der Waals surface area contributed by atoms with Crippen molar-refractivity contribution in [2.45, 2.75) is 24.6 Å². The van der Waals surface area contributed by atoms with Crippen molar-refractivity contribution in [3.63, 3.8) is 0 Å². The molecule has 0 saturated heterocycles. The molecule has 0 aromatic heterocycles. The van der Waals surface area contributed by atoms with Gasteiger partial charge in [0.25, 0.3) is 0 Å². The molecule has 0 radical (unpaired) electrons. The van der Waals surface area contributed by atoms with Crippen molar-refractivity contribution in [2.75, 3.05) is 106 Å². The Labute approximate surface area is 250 Å².